The lowest BCUT2D eigenvalue weighted by Gasteiger charge is -2.50. The van der Waals surface area contributed by atoms with Crippen molar-refractivity contribution in [3.63, 3.8) is 0 Å². The Balaban J connectivity index is 1.86. The molecule has 2 N–H and O–H groups in total. The molecule has 1 saturated heterocycles. The maximum atomic E-state index is 6.22. The molecule has 0 saturated carbocycles. The number of nitrogens with two attached hydrogens (primary N) is 1. The molecular formula is C13H28N2O3. The van der Waals surface area contributed by atoms with E-state index in [9.17, 15) is 0 Å². The van der Waals surface area contributed by atoms with E-state index in [-0.39, 0.29) is 5.54 Å². The molecule has 1 aliphatic rings. The second-order valence-electron chi connectivity index (χ2n) is 5.32. The standard InChI is InChI=1S/C13H28N2O3/c1-12(2)13(14)10-15(11-13)4-5-17-8-9-18-7-6-16-3/h12H,4-11,14H2,1-3H3. The minimum Gasteiger partial charge on any atom is -0.382 e. The van der Waals surface area contributed by atoms with Gasteiger partial charge in [-0.3, -0.25) is 4.90 Å². The van der Waals surface area contributed by atoms with E-state index in [1.165, 1.54) is 0 Å². The second-order valence-corrected chi connectivity index (χ2v) is 5.32. The number of hydrogen-bond donors (Lipinski definition) is 1. The van der Waals surface area contributed by atoms with Crippen LogP contribution in [0.5, 0.6) is 0 Å². The summed E-state index contributed by atoms with van der Waals surface area (Å²) in [5.41, 5.74) is 6.24. The van der Waals surface area contributed by atoms with Gasteiger partial charge in [-0.05, 0) is 5.92 Å². The first-order chi connectivity index (χ1) is 8.58. The third-order valence-electron chi connectivity index (χ3n) is 3.54. The summed E-state index contributed by atoms with van der Waals surface area (Å²) in [6.45, 7) is 10.6. The van der Waals surface area contributed by atoms with Crippen molar-refractivity contribution in [3.05, 3.63) is 0 Å². The van der Waals surface area contributed by atoms with Crippen LogP contribution in [0.15, 0.2) is 0 Å². The quantitative estimate of drug-likeness (QED) is 0.574. The molecule has 1 fully saturated rings. The molecule has 5 nitrogen and oxygen atoms in total. The molecule has 0 unspecified atom stereocenters. The van der Waals surface area contributed by atoms with Crippen LogP contribution in [-0.2, 0) is 14.2 Å². The number of hydrogen-bond acceptors (Lipinski definition) is 5. The van der Waals surface area contributed by atoms with Gasteiger partial charge < -0.3 is 19.9 Å². The maximum absolute atomic E-state index is 6.22. The summed E-state index contributed by atoms with van der Waals surface area (Å²) in [5.74, 6) is 0.545. The van der Waals surface area contributed by atoms with Gasteiger partial charge in [-0.2, -0.15) is 0 Å². The minimum absolute atomic E-state index is 0.0171. The Labute approximate surface area is 111 Å². The zero-order chi connectivity index (χ0) is 13.4. The van der Waals surface area contributed by atoms with E-state index in [0.717, 1.165) is 26.2 Å². The summed E-state index contributed by atoms with van der Waals surface area (Å²) in [6, 6.07) is 0. The van der Waals surface area contributed by atoms with Gasteiger partial charge >= 0.3 is 0 Å². The highest BCUT2D eigenvalue weighted by Crippen LogP contribution is 2.25. The molecular weight excluding hydrogens is 232 g/mol. The van der Waals surface area contributed by atoms with Gasteiger partial charge in [-0.15, -0.1) is 0 Å². The first-order valence-corrected chi connectivity index (χ1v) is 6.74. The Kier molecular flexibility index (Phi) is 7.11. The lowest BCUT2D eigenvalue weighted by molar-refractivity contribution is -0.00748. The van der Waals surface area contributed by atoms with Crippen LogP contribution in [0.3, 0.4) is 0 Å². The van der Waals surface area contributed by atoms with Gasteiger partial charge in [0.05, 0.1) is 33.0 Å². The van der Waals surface area contributed by atoms with Gasteiger partial charge in [-0.1, -0.05) is 13.8 Å². The van der Waals surface area contributed by atoms with Crippen molar-refractivity contribution in [3.8, 4) is 0 Å². The highest BCUT2D eigenvalue weighted by atomic mass is 16.5. The van der Waals surface area contributed by atoms with Gasteiger partial charge in [0.25, 0.3) is 0 Å². The molecule has 0 aromatic carbocycles. The van der Waals surface area contributed by atoms with Crippen LogP contribution < -0.4 is 5.73 Å². The van der Waals surface area contributed by atoms with Crippen molar-refractivity contribution in [2.45, 2.75) is 19.4 Å². The van der Waals surface area contributed by atoms with Gasteiger partial charge in [0, 0.05) is 32.3 Å². The molecule has 0 atom stereocenters. The molecule has 18 heavy (non-hydrogen) atoms. The monoisotopic (exact) mass is 260 g/mol. The zero-order valence-electron chi connectivity index (χ0n) is 12.0. The van der Waals surface area contributed by atoms with Crippen molar-refractivity contribution >= 4 is 0 Å². The Morgan fingerprint density at radius 1 is 1.06 bits per heavy atom. The van der Waals surface area contributed by atoms with Crippen LogP contribution in [0.4, 0.5) is 0 Å². The third-order valence-corrected chi connectivity index (χ3v) is 3.54. The van der Waals surface area contributed by atoms with E-state index in [1.54, 1.807) is 7.11 Å². The number of rotatable bonds is 10. The van der Waals surface area contributed by atoms with E-state index in [4.69, 9.17) is 19.9 Å². The average molecular weight is 260 g/mol. The first-order valence-electron chi connectivity index (χ1n) is 6.74. The van der Waals surface area contributed by atoms with Crippen molar-refractivity contribution in [1.82, 2.24) is 4.90 Å². The fourth-order valence-electron chi connectivity index (χ4n) is 1.97. The average Bonchev–Trinajstić information content (AvgIpc) is 2.29. The molecule has 0 aromatic rings. The van der Waals surface area contributed by atoms with Gasteiger partial charge in [0.2, 0.25) is 0 Å². The summed E-state index contributed by atoms with van der Waals surface area (Å²) < 4.78 is 15.7. The summed E-state index contributed by atoms with van der Waals surface area (Å²) in [5, 5.41) is 0. The molecule has 0 spiro atoms. The summed E-state index contributed by atoms with van der Waals surface area (Å²) in [6.07, 6.45) is 0. The minimum atomic E-state index is 0.0171. The summed E-state index contributed by atoms with van der Waals surface area (Å²) >= 11 is 0. The van der Waals surface area contributed by atoms with E-state index in [2.05, 4.69) is 18.7 Å². The summed E-state index contributed by atoms with van der Waals surface area (Å²) in [7, 11) is 1.67. The van der Waals surface area contributed by atoms with Crippen LogP contribution in [0.2, 0.25) is 0 Å². The van der Waals surface area contributed by atoms with Gasteiger partial charge in [-0.25, -0.2) is 0 Å². The Bertz CT molecular complexity index is 218. The van der Waals surface area contributed by atoms with E-state index < -0.39 is 0 Å². The van der Waals surface area contributed by atoms with Crippen LogP contribution in [-0.4, -0.2) is 70.2 Å². The molecule has 108 valence electrons. The number of ether oxygens (including phenoxy) is 3. The summed E-state index contributed by atoms with van der Waals surface area (Å²) in [4.78, 5) is 2.34. The topological polar surface area (TPSA) is 57.0 Å². The predicted molar refractivity (Wildman–Crippen MR) is 71.7 cm³/mol. The number of likely N-dealkylation sites (tertiary alicyclic amines) is 1. The fourth-order valence-corrected chi connectivity index (χ4v) is 1.97. The SMILES string of the molecule is COCCOCCOCCN1CC(N)(C(C)C)C1. The van der Waals surface area contributed by atoms with Crippen molar-refractivity contribution in [2.24, 2.45) is 11.7 Å². The second kappa shape index (κ2) is 8.07. The highest BCUT2D eigenvalue weighted by molar-refractivity contribution is 5.01. The molecule has 1 heterocycles. The molecule has 0 radical (unpaired) electrons. The molecule has 0 aromatic heterocycles. The third kappa shape index (κ3) is 5.20. The van der Waals surface area contributed by atoms with Crippen LogP contribution in [0, 0.1) is 5.92 Å². The van der Waals surface area contributed by atoms with Crippen molar-refractivity contribution in [2.75, 3.05) is 59.8 Å². The van der Waals surface area contributed by atoms with Gasteiger partial charge in [0.1, 0.15) is 0 Å². The van der Waals surface area contributed by atoms with Crippen LogP contribution in [0.1, 0.15) is 13.8 Å². The normalized spacial score (nSPS) is 19.2. The first kappa shape index (κ1) is 15.9. The van der Waals surface area contributed by atoms with Gasteiger partial charge in [0.15, 0.2) is 0 Å². The number of nitrogens with zero attached hydrogens (tertiary/aromatic N) is 1. The lowest BCUT2D eigenvalue weighted by atomic mass is 9.80. The largest absolute Gasteiger partial charge is 0.382 e. The van der Waals surface area contributed by atoms with Crippen LogP contribution in [0.25, 0.3) is 0 Å². The maximum Gasteiger partial charge on any atom is 0.0701 e. The van der Waals surface area contributed by atoms with Crippen LogP contribution >= 0.6 is 0 Å². The predicted octanol–water partition coefficient (Wildman–Crippen LogP) is 0.335. The highest BCUT2D eigenvalue weighted by Gasteiger charge is 2.41. The number of methoxy groups -OCH3 is 1. The fraction of sp³-hybridized carbons (Fsp3) is 1.00. The Morgan fingerprint density at radius 2 is 1.61 bits per heavy atom. The molecule has 0 amide bonds. The lowest BCUT2D eigenvalue weighted by Crippen LogP contribution is -2.70. The van der Waals surface area contributed by atoms with Crippen molar-refractivity contribution in [1.29, 1.82) is 0 Å². The van der Waals surface area contributed by atoms with Crippen molar-refractivity contribution < 1.29 is 14.2 Å². The van der Waals surface area contributed by atoms with E-state index in [1.807, 2.05) is 0 Å². The van der Waals surface area contributed by atoms with E-state index in [0.29, 0.717) is 32.3 Å². The zero-order valence-corrected chi connectivity index (χ0v) is 12.0. The molecule has 0 bridgehead atoms. The molecule has 0 aliphatic carbocycles. The Hall–Kier alpha value is -0.200. The molecule has 1 aliphatic heterocycles. The smallest absolute Gasteiger partial charge is 0.0701 e. The molecule has 1 rings (SSSR count). The van der Waals surface area contributed by atoms with E-state index >= 15 is 0 Å². The Morgan fingerprint density at radius 3 is 2.17 bits per heavy atom. The molecule has 5 heteroatoms.